The summed E-state index contributed by atoms with van der Waals surface area (Å²) in [7, 11) is 0. The molecule has 1 aromatic heterocycles. The first-order valence-corrected chi connectivity index (χ1v) is 7.15. The molecule has 0 radical (unpaired) electrons. The summed E-state index contributed by atoms with van der Waals surface area (Å²) in [4.78, 5) is 12.2. The Morgan fingerprint density at radius 1 is 1.38 bits per heavy atom. The summed E-state index contributed by atoms with van der Waals surface area (Å²) >= 11 is 0. The van der Waals surface area contributed by atoms with Crippen LogP contribution in [0.3, 0.4) is 0 Å². The van der Waals surface area contributed by atoms with E-state index in [-0.39, 0.29) is 11.9 Å². The molecule has 5 heteroatoms. The molecule has 3 N–H and O–H groups in total. The summed E-state index contributed by atoms with van der Waals surface area (Å²) in [6, 6.07) is 8.05. The second-order valence-electron chi connectivity index (χ2n) is 5.36. The van der Waals surface area contributed by atoms with E-state index in [9.17, 15) is 4.79 Å². The van der Waals surface area contributed by atoms with Crippen LogP contribution in [0.5, 0.6) is 0 Å². The molecular weight excluding hydrogens is 264 g/mol. The lowest BCUT2D eigenvalue weighted by Gasteiger charge is -2.09. The van der Waals surface area contributed by atoms with E-state index in [2.05, 4.69) is 10.4 Å². The van der Waals surface area contributed by atoms with E-state index in [1.165, 1.54) is 0 Å². The van der Waals surface area contributed by atoms with Crippen LogP contribution in [0.15, 0.2) is 30.5 Å². The minimum absolute atomic E-state index is 0.0843. The van der Waals surface area contributed by atoms with Crippen LogP contribution in [0.2, 0.25) is 0 Å². The highest BCUT2D eigenvalue weighted by Gasteiger charge is 2.15. The minimum atomic E-state index is -0.104. The lowest BCUT2D eigenvalue weighted by Crippen LogP contribution is -2.29. The van der Waals surface area contributed by atoms with Crippen molar-refractivity contribution in [2.24, 2.45) is 5.73 Å². The van der Waals surface area contributed by atoms with Gasteiger partial charge in [0.05, 0.1) is 23.1 Å². The number of carbonyl (C=O) groups excluding carboxylic acids is 1. The largest absolute Gasteiger partial charge is 0.352 e. The summed E-state index contributed by atoms with van der Waals surface area (Å²) < 4.78 is 1.80. The second-order valence-corrected chi connectivity index (χ2v) is 5.36. The summed E-state index contributed by atoms with van der Waals surface area (Å²) in [5, 5.41) is 7.22. The van der Waals surface area contributed by atoms with E-state index in [0.29, 0.717) is 12.1 Å². The van der Waals surface area contributed by atoms with E-state index in [0.717, 1.165) is 23.4 Å². The molecule has 0 aliphatic rings. The van der Waals surface area contributed by atoms with Crippen molar-refractivity contribution in [2.75, 3.05) is 6.54 Å². The standard InChI is InChI=1S/C16H22N4O/c1-11-6-4-5-7-15(11)20-13(3)14(10-19-20)16(21)18-9-8-12(2)17/h4-7,10,12H,8-9,17H2,1-3H3,(H,18,21). The number of nitrogens with two attached hydrogens (primary N) is 1. The monoisotopic (exact) mass is 286 g/mol. The number of aromatic nitrogens is 2. The van der Waals surface area contributed by atoms with Crippen LogP contribution in [-0.4, -0.2) is 28.3 Å². The number of hydrogen-bond acceptors (Lipinski definition) is 3. The van der Waals surface area contributed by atoms with Gasteiger partial charge in [0.25, 0.3) is 5.91 Å². The topological polar surface area (TPSA) is 72.9 Å². The average Bonchev–Trinajstić information content (AvgIpc) is 2.80. The number of para-hydroxylation sites is 1. The first kappa shape index (κ1) is 15.3. The fourth-order valence-corrected chi connectivity index (χ4v) is 2.19. The second kappa shape index (κ2) is 6.54. The first-order valence-electron chi connectivity index (χ1n) is 7.15. The molecule has 0 spiro atoms. The molecule has 1 atom stereocenters. The van der Waals surface area contributed by atoms with Crippen molar-refractivity contribution in [3.05, 3.63) is 47.3 Å². The Labute approximate surface area is 125 Å². The van der Waals surface area contributed by atoms with Crippen molar-refractivity contribution in [2.45, 2.75) is 33.2 Å². The Kier molecular flexibility index (Phi) is 4.75. The first-order chi connectivity index (χ1) is 10.0. The molecule has 112 valence electrons. The number of benzene rings is 1. The molecule has 0 saturated heterocycles. The molecule has 1 aromatic carbocycles. The van der Waals surface area contributed by atoms with Gasteiger partial charge in [0.15, 0.2) is 0 Å². The molecule has 0 saturated carbocycles. The van der Waals surface area contributed by atoms with Crippen molar-refractivity contribution in [3.8, 4) is 5.69 Å². The molecule has 5 nitrogen and oxygen atoms in total. The number of rotatable bonds is 5. The molecule has 0 bridgehead atoms. The van der Waals surface area contributed by atoms with Crippen molar-refractivity contribution >= 4 is 5.91 Å². The van der Waals surface area contributed by atoms with Gasteiger partial charge in [-0.15, -0.1) is 0 Å². The van der Waals surface area contributed by atoms with Crippen molar-refractivity contribution in [1.29, 1.82) is 0 Å². The number of nitrogens with zero attached hydrogens (tertiary/aromatic N) is 2. The zero-order chi connectivity index (χ0) is 15.4. The van der Waals surface area contributed by atoms with Crippen LogP contribution in [0.1, 0.15) is 35.0 Å². The van der Waals surface area contributed by atoms with Gasteiger partial charge in [-0.25, -0.2) is 4.68 Å². The Morgan fingerprint density at radius 3 is 2.76 bits per heavy atom. The zero-order valence-electron chi connectivity index (χ0n) is 12.8. The molecule has 2 aromatic rings. The molecule has 0 fully saturated rings. The number of aryl methyl sites for hydroxylation is 1. The summed E-state index contributed by atoms with van der Waals surface area (Å²) in [5.41, 5.74) is 9.22. The minimum Gasteiger partial charge on any atom is -0.352 e. The Hall–Kier alpha value is -2.14. The third-order valence-electron chi connectivity index (χ3n) is 3.48. The predicted molar refractivity (Wildman–Crippen MR) is 83.6 cm³/mol. The van der Waals surface area contributed by atoms with Gasteiger partial charge in [0, 0.05) is 12.6 Å². The lowest BCUT2D eigenvalue weighted by molar-refractivity contribution is 0.0952. The van der Waals surface area contributed by atoms with Gasteiger partial charge in [0.1, 0.15) is 0 Å². The number of carbonyl (C=O) groups is 1. The van der Waals surface area contributed by atoms with Gasteiger partial charge in [0.2, 0.25) is 0 Å². The van der Waals surface area contributed by atoms with Gasteiger partial charge in [-0.05, 0) is 38.8 Å². The number of hydrogen-bond donors (Lipinski definition) is 2. The summed E-state index contributed by atoms with van der Waals surface area (Å²) in [6.45, 7) is 6.43. The molecular formula is C16H22N4O. The van der Waals surface area contributed by atoms with Gasteiger partial charge >= 0.3 is 0 Å². The van der Waals surface area contributed by atoms with Crippen LogP contribution < -0.4 is 11.1 Å². The van der Waals surface area contributed by atoms with Crippen molar-refractivity contribution in [1.82, 2.24) is 15.1 Å². The SMILES string of the molecule is Cc1ccccc1-n1ncc(C(=O)NCCC(C)N)c1C. The van der Waals surface area contributed by atoms with Gasteiger partial charge < -0.3 is 11.1 Å². The molecule has 2 rings (SSSR count). The highest BCUT2D eigenvalue weighted by molar-refractivity contribution is 5.95. The highest BCUT2D eigenvalue weighted by atomic mass is 16.1. The molecule has 1 unspecified atom stereocenters. The number of amides is 1. The van der Waals surface area contributed by atoms with E-state index in [1.54, 1.807) is 10.9 Å². The maximum absolute atomic E-state index is 12.2. The predicted octanol–water partition coefficient (Wildman–Crippen LogP) is 1.96. The van der Waals surface area contributed by atoms with Crippen LogP contribution in [-0.2, 0) is 0 Å². The van der Waals surface area contributed by atoms with Gasteiger partial charge in [-0.3, -0.25) is 4.79 Å². The fourth-order valence-electron chi connectivity index (χ4n) is 2.19. The summed E-state index contributed by atoms with van der Waals surface area (Å²) in [5.74, 6) is -0.104. The maximum Gasteiger partial charge on any atom is 0.254 e. The van der Waals surface area contributed by atoms with Crippen LogP contribution in [0.25, 0.3) is 5.69 Å². The zero-order valence-corrected chi connectivity index (χ0v) is 12.8. The van der Waals surface area contributed by atoms with Crippen molar-refractivity contribution < 1.29 is 4.79 Å². The fraction of sp³-hybridized carbons (Fsp3) is 0.375. The van der Waals surface area contributed by atoms with Gasteiger partial charge in [-0.2, -0.15) is 5.10 Å². The van der Waals surface area contributed by atoms with Crippen LogP contribution in [0.4, 0.5) is 0 Å². The van der Waals surface area contributed by atoms with E-state index < -0.39 is 0 Å². The Morgan fingerprint density at radius 2 is 2.10 bits per heavy atom. The van der Waals surface area contributed by atoms with E-state index >= 15 is 0 Å². The van der Waals surface area contributed by atoms with Gasteiger partial charge in [-0.1, -0.05) is 18.2 Å². The third kappa shape index (κ3) is 3.49. The highest BCUT2D eigenvalue weighted by Crippen LogP contribution is 2.17. The number of nitrogens with one attached hydrogen (secondary N) is 1. The van der Waals surface area contributed by atoms with Crippen LogP contribution >= 0.6 is 0 Å². The molecule has 1 heterocycles. The lowest BCUT2D eigenvalue weighted by atomic mass is 10.2. The Balaban J connectivity index is 2.17. The molecule has 21 heavy (non-hydrogen) atoms. The molecule has 0 aliphatic carbocycles. The summed E-state index contributed by atoms with van der Waals surface area (Å²) in [6.07, 6.45) is 2.37. The van der Waals surface area contributed by atoms with Crippen LogP contribution in [0, 0.1) is 13.8 Å². The van der Waals surface area contributed by atoms with E-state index in [1.807, 2.05) is 45.0 Å². The quantitative estimate of drug-likeness (QED) is 0.882. The maximum atomic E-state index is 12.2. The Bertz CT molecular complexity index is 631. The molecule has 1 amide bonds. The molecule has 0 aliphatic heterocycles. The van der Waals surface area contributed by atoms with Crippen molar-refractivity contribution in [3.63, 3.8) is 0 Å². The average molecular weight is 286 g/mol. The normalized spacial score (nSPS) is 12.2. The smallest absolute Gasteiger partial charge is 0.254 e. The van der Waals surface area contributed by atoms with E-state index in [4.69, 9.17) is 5.73 Å². The third-order valence-corrected chi connectivity index (χ3v) is 3.48.